The second-order valence-electron chi connectivity index (χ2n) is 6.03. The summed E-state index contributed by atoms with van der Waals surface area (Å²) in [6.45, 7) is 2.32. The normalized spacial score (nSPS) is 37.2. The van der Waals surface area contributed by atoms with Crippen LogP contribution in [-0.4, -0.2) is 25.3 Å². The van der Waals surface area contributed by atoms with Crippen LogP contribution in [0.5, 0.6) is 0 Å². The Morgan fingerprint density at radius 1 is 1.00 bits per heavy atom. The molecule has 3 nitrogen and oxygen atoms in total. The van der Waals surface area contributed by atoms with Gasteiger partial charge in [-0.15, -0.1) is 0 Å². The minimum absolute atomic E-state index is 0.0419. The van der Waals surface area contributed by atoms with Gasteiger partial charge in [0, 0.05) is 0 Å². The van der Waals surface area contributed by atoms with Gasteiger partial charge in [-0.25, -0.2) is 0 Å². The summed E-state index contributed by atoms with van der Waals surface area (Å²) < 4.78 is 11.0. The molecule has 104 valence electrons. The molecule has 0 amide bonds. The van der Waals surface area contributed by atoms with Crippen LogP contribution in [-0.2, 0) is 14.3 Å². The van der Waals surface area contributed by atoms with Gasteiger partial charge in [0.25, 0.3) is 0 Å². The van der Waals surface area contributed by atoms with Crippen molar-refractivity contribution in [2.45, 2.75) is 70.5 Å². The van der Waals surface area contributed by atoms with Crippen molar-refractivity contribution < 1.29 is 14.3 Å². The SMILES string of the molecule is COC(=O)C1CCC(OC2CCCC(C)C2)CC1. The molecule has 3 heteroatoms. The zero-order valence-corrected chi connectivity index (χ0v) is 11.7. The molecule has 0 aliphatic heterocycles. The zero-order chi connectivity index (χ0) is 13.0. The molecule has 0 spiro atoms. The molecule has 2 atom stereocenters. The van der Waals surface area contributed by atoms with Crippen molar-refractivity contribution in [2.24, 2.45) is 11.8 Å². The predicted octanol–water partition coefficient (Wildman–Crippen LogP) is 3.31. The Morgan fingerprint density at radius 3 is 2.33 bits per heavy atom. The lowest BCUT2D eigenvalue weighted by Crippen LogP contribution is -2.31. The minimum atomic E-state index is -0.0419. The summed E-state index contributed by atoms with van der Waals surface area (Å²) in [4.78, 5) is 11.4. The summed E-state index contributed by atoms with van der Waals surface area (Å²) in [5, 5.41) is 0. The van der Waals surface area contributed by atoms with E-state index < -0.39 is 0 Å². The first-order valence-corrected chi connectivity index (χ1v) is 7.42. The van der Waals surface area contributed by atoms with Crippen molar-refractivity contribution in [3.05, 3.63) is 0 Å². The molecule has 2 fully saturated rings. The molecule has 0 heterocycles. The molecular formula is C15H26O3. The molecule has 0 radical (unpaired) electrons. The molecule has 2 aliphatic carbocycles. The van der Waals surface area contributed by atoms with Crippen LogP contribution in [0, 0.1) is 11.8 Å². The van der Waals surface area contributed by atoms with Gasteiger partial charge in [-0.1, -0.05) is 19.8 Å². The van der Waals surface area contributed by atoms with Crippen LogP contribution in [0.1, 0.15) is 58.3 Å². The van der Waals surface area contributed by atoms with E-state index in [4.69, 9.17) is 9.47 Å². The molecule has 0 aromatic carbocycles. The third-order valence-corrected chi connectivity index (χ3v) is 4.48. The number of hydrogen-bond acceptors (Lipinski definition) is 3. The highest BCUT2D eigenvalue weighted by atomic mass is 16.5. The lowest BCUT2D eigenvalue weighted by atomic mass is 9.86. The molecule has 0 aromatic heterocycles. The van der Waals surface area contributed by atoms with Crippen LogP contribution in [0.3, 0.4) is 0 Å². The van der Waals surface area contributed by atoms with E-state index in [1.54, 1.807) is 0 Å². The van der Waals surface area contributed by atoms with Gasteiger partial charge in [0.1, 0.15) is 0 Å². The van der Waals surface area contributed by atoms with Crippen LogP contribution in [0.2, 0.25) is 0 Å². The van der Waals surface area contributed by atoms with E-state index in [0.717, 1.165) is 31.6 Å². The number of carbonyl (C=O) groups excluding carboxylic acids is 1. The highest BCUT2D eigenvalue weighted by Gasteiger charge is 2.29. The Kier molecular flexibility index (Phi) is 5.04. The van der Waals surface area contributed by atoms with Crippen molar-refractivity contribution >= 4 is 5.97 Å². The fourth-order valence-corrected chi connectivity index (χ4v) is 3.38. The molecule has 2 unspecified atom stereocenters. The van der Waals surface area contributed by atoms with Gasteiger partial charge in [-0.3, -0.25) is 4.79 Å². The fraction of sp³-hybridized carbons (Fsp3) is 0.933. The van der Waals surface area contributed by atoms with Gasteiger partial charge in [0.2, 0.25) is 0 Å². The molecule has 0 saturated heterocycles. The Labute approximate surface area is 110 Å². The van der Waals surface area contributed by atoms with E-state index in [0.29, 0.717) is 12.2 Å². The Balaban J connectivity index is 1.71. The standard InChI is InChI=1S/C15H26O3/c1-11-4-3-5-14(10-11)18-13-8-6-12(7-9-13)15(16)17-2/h11-14H,3-10H2,1-2H3. The third-order valence-electron chi connectivity index (χ3n) is 4.48. The summed E-state index contributed by atoms with van der Waals surface area (Å²) in [7, 11) is 1.48. The number of rotatable bonds is 3. The Morgan fingerprint density at radius 2 is 1.72 bits per heavy atom. The van der Waals surface area contributed by atoms with E-state index in [9.17, 15) is 4.79 Å². The second-order valence-corrected chi connectivity index (χ2v) is 6.03. The summed E-state index contributed by atoms with van der Waals surface area (Å²) >= 11 is 0. The van der Waals surface area contributed by atoms with Crippen LogP contribution in [0.25, 0.3) is 0 Å². The van der Waals surface area contributed by atoms with Gasteiger partial charge in [-0.05, 0) is 44.4 Å². The van der Waals surface area contributed by atoms with Crippen LogP contribution in [0.4, 0.5) is 0 Å². The van der Waals surface area contributed by atoms with E-state index in [1.165, 1.54) is 32.8 Å². The molecule has 2 aliphatic rings. The Bertz CT molecular complexity index is 269. The first-order chi connectivity index (χ1) is 8.69. The predicted molar refractivity (Wildman–Crippen MR) is 70.3 cm³/mol. The first kappa shape index (κ1) is 13.9. The number of esters is 1. The third kappa shape index (κ3) is 3.71. The van der Waals surface area contributed by atoms with Gasteiger partial charge in [0.05, 0.1) is 25.2 Å². The summed E-state index contributed by atoms with van der Waals surface area (Å²) in [6, 6.07) is 0. The maximum Gasteiger partial charge on any atom is 0.308 e. The highest BCUT2D eigenvalue weighted by Crippen LogP contribution is 2.32. The molecule has 0 bridgehead atoms. The van der Waals surface area contributed by atoms with Gasteiger partial charge in [0.15, 0.2) is 0 Å². The largest absolute Gasteiger partial charge is 0.469 e. The van der Waals surface area contributed by atoms with Gasteiger partial charge < -0.3 is 9.47 Å². The first-order valence-electron chi connectivity index (χ1n) is 7.42. The molecule has 2 saturated carbocycles. The average Bonchev–Trinajstić information content (AvgIpc) is 2.39. The van der Waals surface area contributed by atoms with Crippen LogP contribution < -0.4 is 0 Å². The van der Waals surface area contributed by atoms with E-state index in [-0.39, 0.29) is 11.9 Å². The smallest absolute Gasteiger partial charge is 0.308 e. The van der Waals surface area contributed by atoms with Gasteiger partial charge >= 0.3 is 5.97 Å². The maximum absolute atomic E-state index is 11.4. The minimum Gasteiger partial charge on any atom is -0.469 e. The monoisotopic (exact) mass is 254 g/mol. The number of methoxy groups -OCH3 is 1. The van der Waals surface area contributed by atoms with Crippen molar-refractivity contribution in [3.63, 3.8) is 0 Å². The number of hydrogen-bond donors (Lipinski definition) is 0. The van der Waals surface area contributed by atoms with Crippen LogP contribution >= 0.6 is 0 Å². The van der Waals surface area contributed by atoms with E-state index in [1.807, 2.05) is 0 Å². The second kappa shape index (κ2) is 6.55. The topological polar surface area (TPSA) is 35.5 Å². The molecule has 18 heavy (non-hydrogen) atoms. The molecule has 2 rings (SSSR count). The van der Waals surface area contributed by atoms with Crippen molar-refractivity contribution in [1.82, 2.24) is 0 Å². The average molecular weight is 254 g/mol. The zero-order valence-electron chi connectivity index (χ0n) is 11.7. The lowest BCUT2D eigenvalue weighted by Gasteiger charge is -2.33. The van der Waals surface area contributed by atoms with Crippen LogP contribution in [0.15, 0.2) is 0 Å². The molecular weight excluding hydrogens is 228 g/mol. The summed E-state index contributed by atoms with van der Waals surface area (Å²) in [6.07, 6.45) is 9.85. The van der Waals surface area contributed by atoms with Crippen molar-refractivity contribution in [3.8, 4) is 0 Å². The van der Waals surface area contributed by atoms with Gasteiger partial charge in [-0.2, -0.15) is 0 Å². The maximum atomic E-state index is 11.4. The summed E-state index contributed by atoms with van der Waals surface area (Å²) in [5.41, 5.74) is 0. The molecule has 0 aromatic rings. The van der Waals surface area contributed by atoms with Crippen molar-refractivity contribution in [1.29, 1.82) is 0 Å². The molecule has 0 N–H and O–H groups in total. The number of ether oxygens (including phenoxy) is 2. The van der Waals surface area contributed by atoms with E-state index in [2.05, 4.69) is 6.92 Å². The van der Waals surface area contributed by atoms with E-state index >= 15 is 0 Å². The van der Waals surface area contributed by atoms with Crippen molar-refractivity contribution in [2.75, 3.05) is 7.11 Å². The fourth-order valence-electron chi connectivity index (χ4n) is 3.38. The quantitative estimate of drug-likeness (QED) is 0.725. The lowest BCUT2D eigenvalue weighted by molar-refractivity contribution is -0.148. The summed E-state index contributed by atoms with van der Waals surface area (Å²) in [5.74, 6) is 0.884. The number of carbonyl (C=O) groups is 1. The highest BCUT2D eigenvalue weighted by molar-refractivity contribution is 5.72. The Hall–Kier alpha value is -0.570.